The van der Waals surface area contributed by atoms with Crippen LogP contribution in [-0.2, 0) is 6.42 Å². The number of carbonyl (C=O) groups is 1. The first kappa shape index (κ1) is 9.06. The normalized spacial score (nSPS) is 13.6. The van der Waals surface area contributed by atoms with Crippen LogP contribution in [0.15, 0.2) is 6.07 Å². The highest BCUT2D eigenvalue weighted by Crippen LogP contribution is 2.30. The van der Waals surface area contributed by atoms with Gasteiger partial charge in [-0.1, -0.05) is 6.07 Å². The van der Waals surface area contributed by atoms with Gasteiger partial charge in [0.15, 0.2) is 0 Å². The van der Waals surface area contributed by atoms with E-state index in [1.807, 2.05) is 19.9 Å². The van der Waals surface area contributed by atoms with E-state index in [2.05, 4.69) is 5.32 Å². The molecule has 0 bridgehead atoms. The standard InChI is InChI=1S/C11H13NO2/c1-6-5-8-3-4-12-10(8)7(2)9(6)11(13)14/h5,12H,3-4H2,1-2H3,(H,13,14). The minimum absolute atomic E-state index is 0.443. The van der Waals surface area contributed by atoms with Crippen molar-refractivity contribution in [2.45, 2.75) is 20.3 Å². The van der Waals surface area contributed by atoms with E-state index in [1.165, 1.54) is 5.56 Å². The molecule has 0 unspecified atom stereocenters. The third kappa shape index (κ3) is 1.16. The van der Waals surface area contributed by atoms with E-state index >= 15 is 0 Å². The van der Waals surface area contributed by atoms with Crippen LogP contribution in [0.2, 0.25) is 0 Å². The number of carboxylic acids is 1. The monoisotopic (exact) mass is 191 g/mol. The van der Waals surface area contributed by atoms with Crippen LogP contribution in [0.3, 0.4) is 0 Å². The lowest BCUT2D eigenvalue weighted by molar-refractivity contribution is 0.0695. The van der Waals surface area contributed by atoms with Crippen molar-refractivity contribution in [3.05, 3.63) is 28.3 Å². The van der Waals surface area contributed by atoms with E-state index in [0.29, 0.717) is 5.56 Å². The van der Waals surface area contributed by atoms with Crippen LogP contribution >= 0.6 is 0 Å². The highest BCUT2D eigenvalue weighted by molar-refractivity contribution is 5.93. The summed E-state index contributed by atoms with van der Waals surface area (Å²) in [5.74, 6) is -0.837. The van der Waals surface area contributed by atoms with Crippen molar-refractivity contribution < 1.29 is 9.90 Å². The highest BCUT2D eigenvalue weighted by atomic mass is 16.4. The first-order chi connectivity index (χ1) is 6.61. The molecule has 1 aliphatic rings. The fourth-order valence-electron chi connectivity index (χ4n) is 2.16. The van der Waals surface area contributed by atoms with Crippen molar-refractivity contribution >= 4 is 11.7 Å². The third-order valence-corrected chi connectivity index (χ3v) is 2.77. The van der Waals surface area contributed by atoms with Crippen molar-refractivity contribution in [3.63, 3.8) is 0 Å². The molecule has 74 valence electrons. The lowest BCUT2D eigenvalue weighted by Gasteiger charge is -2.10. The smallest absolute Gasteiger partial charge is 0.336 e. The number of benzene rings is 1. The van der Waals surface area contributed by atoms with Crippen LogP contribution in [0.4, 0.5) is 5.69 Å². The van der Waals surface area contributed by atoms with Gasteiger partial charge in [0.25, 0.3) is 0 Å². The number of aromatic carboxylic acids is 1. The summed E-state index contributed by atoms with van der Waals surface area (Å²) in [6, 6.07) is 1.98. The van der Waals surface area contributed by atoms with Gasteiger partial charge in [0.2, 0.25) is 0 Å². The number of anilines is 1. The number of fused-ring (bicyclic) bond motifs is 1. The number of aryl methyl sites for hydroxylation is 1. The number of rotatable bonds is 1. The predicted octanol–water partition coefficient (Wildman–Crippen LogP) is 1.97. The summed E-state index contributed by atoms with van der Waals surface area (Å²) < 4.78 is 0. The van der Waals surface area contributed by atoms with Crippen LogP contribution in [0.25, 0.3) is 0 Å². The van der Waals surface area contributed by atoms with Gasteiger partial charge in [-0.05, 0) is 37.0 Å². The lowest BCUT2D eigenvalue weighted by Crippen LogP contribution is -2.05. The Bertz CT molecular complexity index is 410. The summed E-state index contributed by atoms with van der Waals surface area (Å²) in [5.41, 5.74) is 4.43. The molecule has 14 heavy (non-hydrogen) atoms. The fraction of sp³-hybridized carbons (Fsp3) is 0.364. The van der Waals surface area contributed by atoms with Gasteiger partial charge in [0, 0.05) is 12.2 Å². The predicted molar refractivity (Wildman–Crippen MR) is 55.1 cm³/mol. The van der Waals surface area contributed by atoms with Crippen molar-refractivity contribution in [1.29, 1.82) is 0 Å². The summed E-state index contributed by atoms with van der Waals surface area (Å²) in [7, 11) is 0. The molecule has 0 aliphatic carbocycles. The highest BCUT2D eigenvalue weighted by Gasteiger charge is 2.20. The van der Waals surface area contributed by atoms with Gasteiger partial charge >= 0.3 is 5.97 Å². The zero-order chi connectivity index (χ0) is 10.3. The zero-order valence-electron chi connectivity index (χ0n) is 8.35. The minimum atomic E-state index is -0.837. The minimum Gasteiger partial charge on any atom is -0.478 e. The second kappa shape index (κ2) is 3.01. The molecule has 0 atom stereocenters. The Balaban J connectivity index is 2.68. The fourth-order valence-corrected chi connectivity index (χ4v) is 2.16. The number of nitrogens with one attached hydrogen (secondary N) is 1. The van der Waals surface area contributed by atoms with E-state index in [0.717, 1.165) is 29.8 Å². The van der Waals surface area contributed by atoms with Gasteiger partial charge in [-0.15, -0.1) is 0 Å². The molecule has 0 saturated carbocycles. The second-order valence-corrected chi connectivity index (χ2v) is 3.71. The Labute approximate surface area is 82.8 Å². The van der Waals surface area contributed by atoms with Crippen molar-refractivity contribution in [1.82, 2.24) is 0 Å². The lowest BCUT2D eigenvalue weighted by atomic mass is 9.97. The molecule has 3 heteroatoms. The quantitative estimate of drug-likeness (QED) is 0.713. The largest absolute Gasteiger partial charge is 0.478 e. The van der Waals surface area contributed by atoms with Gasteiger partial charge in [-0.3, -0.25) is 0 Å². The molecular formula is C11H13NO2. The molecule has 0 fully saturated rings. The molecule has 1 aliphatic heterocycles. The summed E-state index contributed by atoms with van der Waals surface area (Å²) in [5, 5.41) is 12.3. The van der Waals surface area contributed by atoms with Gasteiger partial charge in [0.1, 0.15) is 0 Å². The van der Waals surface area contributed by atoms with Crippen LogP contribution < -0.4 is 5.32 Å². The Kier molecular flexibility index (Phi) is 1.95. The first-order valence-electron chi connectivity index (χ1n) is 4.71. The maximum absolute atomic E-state index is 11.0. The number of hydrogen-bond donors (Lipinski definition) is 2. The molecular weight excluding hydrogens is 178 g/mol. The number of carboxylic acid groups (broad SMARTS) is 1. The maximum Gasteiger partial charge on any atom is 0.336 e. The van der Waals surface area contributed by atoms with Crippen molar-refractivity contribution in [2.24, 2.45) is 0 Å². The first-order valence-corrected chi connectivity index (χ1v) is 4.71. The Morgan fingerprint density at radius 2 is 2.21 bits per heavy atom. The molecule has 1 aromatic rings. The van der Waals surface area contributed by atoms with E-state index in [9.17, 15) is 4.79 Å². The van der Waals surface area contributed by atoms with Gasteiger partial charge < -0.3 is 10.4 Å². The molecule has 1 aromatic carbocycles. The van der Waals surface area contributed by atoms with Gasteiger partial charge in [-0.2, -0.15) is 0 Å². The molecule has 0 saturated heterocycles. The average molecular weight is 191 g/mol. The van der Waals surface area contributed by atoms with Gasteiger partial charge in [0.05, 0.1) is 5.56 Å². The summed E-state index contributed by atoms with van der Waals surface area (Å²) >= 11 is 0. The molecule has 0 spiro atoms. The topological polar surface area (TPSA) is 49.3 Å². The van der Waals surface area contributed by atoms with E-state index < -0.39 is 5.97 Å². The SMILES string of the molecule is Cc1cc2c(c(C)c1C(=O)O)NCC2. The van der Waals surface area contributed by atoms with Crippen LogP contribution in [0.1, 0.15) is 27.0 Å². The average Bonchev–Trinajstić information content (AvgIpc) is 2.50. The second-order valence-electron chi connectivity index (χ2n) is 3.71. The molecule has 2 rings (SSSR count). The molecule has 1 heterocycles. The van der Waals surface area contributed by atoms with E-state index in [1.54, 1.807) is 0 Å². The van der Waals surface area contributed by atoms with Gasteiger partial charge in [-0.25, -0.2) is 4.79 Å². The summed E-state index contributed by atoms with van der Waals surface area (Å²) in [6.07, 6.45) is 0.997. The van der Waals surface area contributed by atoms with Crippen molar-refractivity contribution in [3.8, 4) is 0 Å². The molecule has 0 radical (unpaired) electrons. The summed E-state index contributed by atoms with van der Waals surface area (Å²) in [4.78, 5) is 11.0. The summed E-state index contributed by atoms with van der Waals surface area (Å²) in [6.45, 7) is 4.64. The van der Waals surface area contributed by atoms with E-state index in [4.69, 9.17) is 5.11 Å². The van der Waals surface area contributed by atoms with Crippen LogP contribution in [-0.4, -0.2) is 17.6 Å². The third-order valence-electron chi connectivity index (χ3n) is 2.77. The molecule has 0 amide bonds. The molecule has 0 aromatic heterocycles. The van der Waals surface area contributed by atoms with E-state index in [-0.39, 0.29) is 0 Å². The Morgan fingerprint density at radius 3 is 2.86 bits per heavy atom. The number of hydrogen-bond acceptors (Lipinski definition) is 2. The molecule has 2 N–H and O–H groups in total. The van der Waals surface area contributed by atoms with Crippen molar-refractivity contribution in [2.75, 3.05) is 11.9 Å². The Hall–Kier alpha value is -1.51. The van der Waals surface area contributed by atoms with Crippen LogP contribution in [0, 0.1) is 13.8 Å². The van der Waals surface area contributed by atoms with Crippen LogP contribution in [0.5, 0.6) is 0 Å². The molecule has 3 nitrogen and oxygen atoms in total. The Morgan fingerprint density at radius 1 is 1.50 bits per heavy atom. The maximum atomic E-state index is 11.0. The zero-order valence-corrected chi connectivity index (χ0v) is 8.35.